The number of hydrogen-bond donors (Lipinski definition) is 0. The summed E-state index contributed by atoms with van der Waals surface area (Å²) >= 11 is 0.788. The van der Waals surface area contributed by atoms with E-state index >= 15 is 0 Å². The van der Waals surface area contributed by atoms with Gasteiger partial charge in [0.25, 0.3) is 11.1 Å². The third-order valence-corrected chi connectivity index (χ3v) is 4.82. The fourth-order valence-corrected chi connectivity index (χ4v) is 3.23. The first-order valence-electron chi connectivity index (χ1n) is 9.04. The third kappa shape index (κ3) is 5.51. The van der Waals surface area contributed by atoms with Crippen LogP contribution < -0.4 is 9.47 Å². The number of amides is 2. The quantitative estimate of drug-likeness (QED) is 0.478. The Bertz CT molecular complexity index is 789. The van der Waals surface area contributed by atoms with Crippen LogP contribution in [0.15, 0.2) is 23.1 Å². The van der Waals surface area contributed by atoms with Crippen LogP contribution in [0.2, 0.25) is 0 Å². The molecule has 0 aromatic heterocycles. The summed E-state index contributed by atoms with van der Waals surface area (Å²) in [5, 5.41) is -0.499. The number of carbonyl (C=O) groups excluding carboxylic acids is 3. The average molecular weight is 407 g/mol. The van der Waals surface area contributed by atoms with Crippen molar-refractivity contribution in [1.29, 1.82) is 0 Å². The molecule has 1 heterocycles. The molecule has 0 N–H and O–H groups in total. The van der Waals surface area contributed by atoms with Gasteiger partial charge in [-0.3, -0.25) is 19.3 Å². The van der Waals surface area contributed by atoms with Crippen molar-refractivity contribution in [2.75, 3.05) is 13.7 Å². The molecule has 1 aromatic carbocycles. The van der Waals surface area contributed by atoms with E-state index in [1.807, 2.05) is 13.8 Å². The second-order valence-corrected chi connectivity index (χ2v) is 7.55. The minimum Gasteiger partial charge on any atom is -0.493 e. The lowest BCUT2D eigenvalue weighted by Gasteiger charge is -2.15. The van der Waals surface area contributed by atoms with E-state index in [4.69, 9.17) is 14.2 Å². The summed E-state index contributed by atoms with van der Waals surface area (Å²) in [7, 11) is 1.54. The van der Waals surface area contributed by atoms with Crippen molar-refractivity contribution in [3.05, 3.63) is 28.7 Å². The van der Waals surface area contributed by atoms with Crippen LogP contribution >= 0.6 is 11.8 Å². The van der Waals surface area contributed by atoms with Crippen molar-refractivity contribution < 1.29 is 28.6 Å². The van der Waals surface area contributed by atoms with Gasteiger partial charge in [0.15, 0.2) is 11.5 Å². The lowest BCUT2D eigenvalue weighted by molar-refractivity contribution is -0.149. The van der Waals surface area contributed by atoms with Gasteiger partial charge in [-0.1, -0.05) is 13.0 Å². The Morgan fingerprint density at radius 2 is 1.93 bits per heavy atom. The maximum atomic E-state index is 12.5. The van der Waals surface area contributed by atoms with E-state index in [-0.39, 0.29) is 17.1 Å². The summed E-state index contributed by atoms with van der Waals surface area (Å²) in [6.45, 7) is 7.00. The summed E-state index contributed by atoms with van der Waals surface area (Å²) in [5.41, 5.74) is 0.684. The van der Waals surface area contributed by atoms with Gasteiger partial charge in [0.05, 0.1) is 24.2 Å². The number of carbonyl (C=O) groups is 3. The van der Waals surface area contributed by atoms with Gasteiger partial charge in [0.2, 0.25) is 0 Å². The lowest BCUT2D eigenvalue weighted by atomic mass is 10.1. The zero-order valence-electron chi connectivity index (χ0n) is 16.7. The number of nitrogens with zero attached hydrogens (tertiary/aromatic N) is 1. The Labute approximate surface area is 169 Å². The van der Waals surface area contributed by atoms with Gasteiger partial charge >= 0.3 is 5.97 Å². The normalized spacial score (nSPS) is 16.6. The zero-order chi connectivity index (χ0) is 20.8. The maximum absolute atomic E-state index is 12.5. The molecule has 0 aliphatic carbocycles. The van der Waals surface area contributed by atoms with Gasteiger partial charge in [-0.15, -0.1) is 0 Å². The van der Waals surface area contributed by atoms with Gasteiger partial charge < -0.3 is 14.2 Å². The van der Waals surface area contributed by atoms with Crippen LogP contribution in [0, 0.1) is 0 Å². The Morgan fingerprint density at radius 3 is 2.54 bits per heavy atom. The summed E-state index contributed by atoms with van der Waals surface area (Å²) in [4.78, 5) is 37.5. The van der Waals surface area contributed by atoms with Gasteiger partial charge in [-0.2, -0.15) is 0 Å². The van der Waals surface area contributed by atoms with E-state index in [1.54, 1.807) is 38.1 Å². The highest BCUT2D eigenvalue weighted by atomic mass is 32.2. The summed E-state index contributed by atoms with van der Waals surface area (Å²) in [6, 6.07) is 5.28. The van der Waals surface area contributed by atoms with E-state index in [2.05, 4.69) is 0 Å². The Morgan fingerprint density at radius 1 is 1.21 bits per heavy atom. The van der Waals surface area contributed by atoms with Gasteiger partial charge in [-0.25, -0.2) is 0 Å². The van der Waals surface area contributed by atoms with Crippen molar-refractivity contribution in [1.82, 2.24) is 4.90 Å². The number of methoxy groups -OCH3 is 1. The third-order valence-electron chi connectivity index (χ3n) is 3.92. The van der Waals surface area contributed by atoms with Crippen molar-refractivity contribution in [2.45, 2.75) is 46.3 Å². The predicted molar refractivity (Wildman–Crippen MR) is 107 cm³/mol. The average Bonchev–Trinajstić information content (AvgIpc) is 2.89. The minimum absolute atomic E-state index is 0.0434. The van der Waals surface area contributed by atoms with Gasteiger partial charge in [0, 0.05) is 0 Å². The van der Waals surface area contributed by atoms with Crippen LogP contribution in [0.5, 0.6) is 11.5 Å². The van der Waals surface area contributed by atoms with Gasteiger partial charge in [-0.05, 0) is 62.7 Å². The molecule has 1 fully saturated rings. The van der Waals surface area contributed by atoms with E-state index in [9.17, 15) is 14.4 Å². The largest absolute Gasteiger partial charge is 0.493 e. The second-order valence-electron chi connectivity index (χ2n) is 6.55. The lowest BCUT2D eigenvalue weighted by Crippen LogP contribution is -2.35. The molecule has 0 bridgehead atoms. The molecule has 2 rings (SSSR count). The molecule has 8 heteroatoms. The molecule has 1 aliphatic rings. The molecule has 0 radical (unpaired) electrons. The minimum atomic E-state index is -0.619. The molecule has 1 aliphatic heterocycles. The first-order valence-corrected chi connectivity index (χ1v) is 9.86. The number of benzene rings is 1. The molecule has 0 unspecified atom stereocenters. The van der Waals surface area contributed by atoms with Crippen LogP contribution in [0.3, 0.4) is 0 Å². The number of hydrogen-bond acceptors (Lipinski definition) is 7. The van der Waals surface area contributed by atoms with E-state index in [1.165, 1.54) is 7.11 Å². The van der Waals surface area contributed by atoms with E-state index in [0.717, 1.165) is 23.1 Å². The Kier molecular flexibility index (Phi) is 7.51. The molecule has 1 saturated heterocycles. The number of ether oxygens (including phenoxy) is 3. The smallest absolute Gasteiger partial charge is 0.326 e. The monoisotopic (exact) mass is 407 g/mol. The molecular formula is C20H25NO6S. The summed E-state index contributed by atoms with van der Waals surface area (Å²) < 4.78 is 16.2. The molecule has 1 atom stereocenters. The molecule has 28 heavy (non-hydrogen) atoms. The number of esters is 1. The van der Waals surface area contributed by atoms with Crippen LogP contribution in [0.4, 0.5) is 4.79 Å². The first kappa shape index (κ1) is 21.8. The molecule has 1 aromatic rings. The number of rotatable bonds is 8. The Balaban J connectivity index is 2.17. The Hall–Kier alpha value is -2.48. The number of thioether (sulfide) groups is 1. The maximum Gasteiger partial charge on any atom is 0.326 e. The van der Waals surface area contributed by atoms with Crippen molar-refractivity contribution >= 4 is 35.0 Å². The fourth-order valence-electron chi connectivity index (χ4n) is 2.39. The molecular weight excluding hydrogens is 382 g/mol. The summed E-state index contributed by atoms with van der Waals surface area (Å²) in [6.07, 6.45) is 2.18. The van der Waals surface area contributed by atoms with Crippen LogP contribution in [0.1, 0.15) is 39.7 Å². The van der Waals surface area contributed by atoms with Crippen molar-refractivity contribution in [3.8, 4) is 11.5 Å². The summed E-state index contributed by atoms with van der Waals surface area (Å²) in [5.74, 6) is 0.00805. The van der Waals surface area contributed by atoms with E-state index < -0.39 is 23.7 Å². The van der Waals surface area contributed by atoms with Crippen LogP contribution in [0.25, 0.3) is 6.08 Å². The van der Waals surface area contributed by atoms with Crippen molar-refractivity contribution in [2.24, 2.45) is 0 Å². The standard InChI is InChI=1S/C20H25NO6S/c1-6-13(4)27-15-8-7-14(9-16(15)25-5)10-17-19(23)21(20(24)28-17)11-18(22)26-12(2)3/h7-10,12-13H,6,11H2,1-5H3/b17-10+/t13-/m1/s1. The molecule has 152 valence electrons. The van der Waals surface area contributed by atoms with Crippen LogP contribution in [-0.4, -0.2) is 47.9 Å². The highest BCUT2D eigenvalue weighted by Gasteiger charge is 2.36. The SMILES string of the molecule is CC[C@@H](C)Oc1ccc(/C=C2/SC(=O)N(CC(=O)OC(C)C)C2=O)cc1OC. The molecule has 2 amide bonds. The first-order chi connectivity index (χ1) is 13.2. The molecule has 0 spiro atoms. The van der Waals surface area contributed by atoms with Gasteiger partial charge in [0.1, 0.15) is 6.54 Å². The predicted octanol–water partition coefficient (Wildman–Crippen LogP) is 3.86. The topological polar surface area (TPSA) is 82.1 Å². The number of imide groups is 1. The zero-order valence-corrected chi connectivity index (χ0v) is 17.5. The second kappa shape index (κ2) is 9.64. The molecule has 0 saturated carbocycles. The van der Waals surface area contributed by atoms with Crippen molar-refractivity contribution in [3.63, 3.8) is 0 Å². The molecule has 7 nitrogen and oxygen atoms in total. The fraction of sp³-hybridized carbons (Fsp3) is 0.450. The highest BCUT2D eigenvalue weighted by molar-refractivity contribution is 8.18. The highest BCUT2D eigenvalue weighted by Crippen LogP contribution is 2.34. The van der Waals surface area contributed by atoms with E-state index in [0.29, 0.717) is 17.1 Å². The van der Waals surface area contributed by atoms with Crippen LogP contribution in [-0.2, 0) is 14.3 Å².